The lowest BCUT2D eigenvalue weighted by Crippen LogP contribution is -2.31. The summed E-state index contributed by atoms with van der Waals surface area (Å²) in [5, 5.41) is 2.98. The van der Waals surface area contributed by atoms with Gasteiger partial charge in [0.1, 0.15) is 5.52 Å². The molecule has 2 aromatic rings. The van der Waals surface area contributed by atoms with E-state index in [1.807, 2.05) is 7.05 Å². The molecule has 3 rings (SSSR count). The predicted molar refractivity (Wildman–Crippen MR) is 78.0 cm³/mol. The van der Waals surface area contributed by atoms with Crippen LogP contribution in [0.25, 0.3) is 11.2 Å². The fourth-order valence-electron chi connectivity index (χ4n) is 2.63. The quantitative estimate of drug-likeness (QED) is 0.875. The van der Waals surface area contributed by atoms with Crippen molar-refractivity contribution in [2.24, 2.45) is 5.92 Å². The van der Waals surface area contributed by atoms with Crippen LogP contribution in [0, 0.1) is 5.92 Å². The van der Waals surface area contributed by atoms with Crippen molar-refractivity contribution in [3.63, 3.8) is 0 Å². The number of anilines is 2. The van der Waals surface area contributed by atoms with Gasteiger partial charge in [-0.2, -0.15) is 9.97 Å². The highest BCUT2D eigenvalue weighted by Gasteiger charge is 2.19. The molecule has 7 heteroatoms. The number of imidazole rings is 1. The number of aromatic amines is 1. The van der Waals surface area contributed by atoms with Crippen LogP contribution in [0.3, 0.4) is 0 Å². The lowest BCUT2D eigenvalue weighted by Gasteiger charge is -2.28. The van der Waals surface area contributed by atoms with Gasteiger partial charge in [-0.25, -0.2) is 4.98 Å². The van der Waals surface area contributed by atoms with Gasteiger partial charge in [0.2, 0.25) is 5.95 Å². The number of nitrogens with zero attached hydrogens (tertiary/aromatic N) is 4. The second-order valence-corrected chi connectivity index (χ2v) is 5.19. The van der Waals surface area contributed by atoms with Crippen LogP contribution >= 0.6 is 0 Å². The van der Waals surface area contributed by atoms with E-state index in [0.717, 1.165) is 37.5 Å². The third-order valence-electron chi connectivity index (χ3n) is 3.64. The van der Waals surface area contributed by atoms with Crippen molar-refractivity contribution in [3.05, 3.63) is 6.33 Å². The Balaban J connectivity index is 1.85. The van der Waals surface area contributed by atoms with Gasteiger partial charge in [0, 0.05) is 27.2 Å². The summed E-state index contributed by atoms with van der Waals surface area (Å²) in [4.78, 5) is 18.4. The number of fused-ring (bicyclic) bond motifs is 1. The second kappa shape index (κ2) is 5.62. The van der Waals surface area contributed by atoms with Crippen molar-refractivity contribution in [3.8, 4) is 0 Å². The van der Waals surface area contributed by atoms with Crippen molar-refractivity contribution in [1.29, 1.82) is 0 Å². The van der Waals surface area contributed by atoms with Gasteiger partial charge in [-0.3, -0.25) is 0 Å². The summed E-state index contributed by atoms with van der Waals surface area (Å²) < 4.78 is 5.54. The maximum absolute atomic E-state index is 5.54. The first kappa shape index (κ1) is 13.1. The molecule has 0 bridgehead atoms. The fraction of sp³-hybridized carbons (Fsp3) is 0.615. The first-order valence-corrected chi connectivity index (χ1v) is 6.95. The van der Waals surface area contributed by atoms with Crippen LogP contribution in [0.15, 0.2) is 6.33 Å². The number of aromatic nitrogens is 4. The van der Waals surface area contributed by atoms with Gasteiger partial charge in [0.05, 0.1) is 12.9 Å². The van der Waals surface area contributed by atoms with Crippen molar-refractivity contribution in [2.45, 2.75) is 12.8 Å². The molecule has 2 aromatic heterocycles. The number of H-pyrrole nitrogens is 1. The SMILES string of the molecule is CNc1nc(N(C)CC2CCCOC2)c2[nH]cnc2n1. The molecule has 1 atom stereocenters. The summed E-state index contributed by atoms with van der Waals surface area (Å²) in [6.07, 6.45) is 4.00. The molecule has 0 aromatic carbocycles. The summed E-state index contributed by atoms with van der Waals surface area (Å²) in [5.74, 6) is 2.02. The predicted octanol–water partition coefficient (Wildman–Crippen LogP) is 1.26. The molecule has 1 saturated heterocycles. The normalized spacial score (nSPS) is 19.2. The number of hydrogen-bond acceptors (Lipinski definition) is 6. The van der Waals surface area contributed by atoms with Crippen LogP contribution in [0.1, 0.15) is 12.8 Å². The summed E-state index contributed by atoms with van der Waals surface area (Å²) >= 11 is 0. The smallest absolute Gasteiger partial charge is 0.226 e. The zero-order chi connectivity index (χ0) is 13.9. The largest absolute Gasteiger partial charge is 0.381 e. The third kappa shape index (κ3) is 2.53. The Kier molecular flexibility index (Phi) is 3.68. The van der Waals surface area contributed by atoms with Gasteiger partial charge >= 0.3 is 0 Å². The zero-order valence-electron chi connectivity index (χ0n) is 11.9. The summed E-state index contributed by atoms with van der Waals surface area (Å²) in [6, 6.07) is 0. The summed E-state index contributed by atoms with van der Waals surface area (Å²) in [7, 11) is 3.86. The highest BCUT2D eigenvalue weighted by Crippen LogP contribution is 2.24. The Morgan fingerprint density at radius 3 is 3.15 bits per heavy atom. The molecule has 1 unspecified atom stereocenters. The zero-order valence-corrected chi connectivity index (χ0v) is 11.9. The molecule has 3 heterocycles. The van der Waals surface area contributed by atoms with Crippen molar-refractivity contribution < 1.29 is 4.74 Å². The number of rotatable bonds is 4. The minimum absolute atomic E-state index is 0.555. The molecule has 2 N–H and O–H groups in total. The highest BCUT2D eigenvalue weighted by atomic mass is 16.5. The minimum Gasteiger partial charge on any atom is -0.381 e. The van der Waals surface area contributed by atoms with E-state index in [4.69, 9.17) is 4.74 Å². The van der Waals surface area contributed by atoms with E-state index in [1.54, 1.807) is 6.33 Å². The van der Waals surface area contributed by atoms with Crippen LogP contribution < -0.4 is 10.2 Å². The molecule has 1 fully saturated rings. The molecule has 0 amide bonds. The Hall–Kier alpha value is -1.89. The maximum atomic E-state index is 5.54. The topological polar surface area (TPSA) is 79.0 Å². The third-order valence-corrected chi connectivity index (χ3v) is 3.64. The van der Waals surface area contributed by atoms with E-state index in [0.29, 0.717) is 17.5 Å². The molecule has 7 nitrogen and oxygen atoms in total. The second-order valence-electron chi connectivity index (χ2n) is 5.19. The first-order valence-electron chi connectivity index (χ1n) is 6.95. The molecule has 0 saturated carbocycles. The van der Waals surface area contributed by atoms with E-state index < -0.39 is 0 Å². The Morgan fingerprint density at radius 1 is 1.50 bits per heavy atom. The number of ether oxygens (including phenoxy) is 1. The lowest BCUT2D eigenvalue weighted by atomic mass is 10.0. The Bertz CT molecular complexity index is 577. The van der Waals surface area contributed by atoms with Gasteiger partial charge in [0.15, 0.2) is 11.5 Å². The van der Waals surface area contributed by atoms with Crippen molar-refractivity contribution in [1.82, 2.24) is 19.9 Å². The maximum Gasteiger partial charge on any atom is 0.226 e. The molecular formula is C13H20N6O. The van der Waals surface area contributed by atoms with Crippen LogP contribution in [0.2, 0.25) is 0 Å². The van der Waals surface area contributed by atoms with Gasteiger partial charge < -0.3 is 19.9 Å². The van der Waals surface area contributed by atoms with Crippen LogP contribution in [-0.2, 0) is 4.74 Å². The first-order chi connectivity index (χ1) is 9.78. The number of nitrogens with one attached hydrogen (secondary N) is 2. The van der Waals surface area contributed by atoms with E-state index in [2.05, 4.69) is 37.2 Å². The lowest BCUT2D eigenvalue weighted by molar-refractivity contribution is 0.0576. The van der Waals surface area contributed by atoms with Gasteiger partial charge in [-0.05, 0) is 18.8 Å². The van der Waals surface area contributed by atoms with E-state index >= 15 is 0 Å². The molecule has 1 aliphatic rings. The van der Waals surface area contributed by atoms with E-state index in [9.17, 15) is 0 Å². The monoisotopic (exact) mass is 276 g/mol. The van der Waals surface area contributed by atoms with Crippen LogP contribution in [0.4, 0.5) is 11.8 Å². The highest BCUT2D eigenvalue weighted by molar-refractivity contribution is 5.84. The fourth-order valence-corrected chi connectivity index (χ4v) is 2.63. The molecule has 108 valence electrons. The van der Waals surface area contributed by atoms with E-state index in [-0.39, 0.29) is 0 Å². The summed E-state index contributed by atoms with van der Waals surface area (Å²) in [5.41, 5.74) is 1.56. The molecule has 0 radical (unpaired) electrons. The minimum atomic E-state index is 0.555. The van der Waals surface area contributed by atoms with Gasteiger partial charge in [0.25, 0.3) is 0 Å². The Morgan fingerprint density at radius 2 is 2.40 bits per heavy atom. The van der Waals surface area contributed by atoms with Crippen molar-refractivity contribution >= 4 is 22.9 Å². The molecule has 0 spiro atoms. The van der Waals surface area contributed by atoms with Crippen LogP contribution in [0.5, 0.6) is 0 Å². The van der Waals surface area contributed by atoms with Crippen molar-refractivity contribution in [2.75, 3.05) is 44.1 Å². The average Bonchev–Trinajstić information content (AvgIpc) is 2.95. The Labute approximate surface area is 117 Å². The van der Waals surface area contributed by atoms with E-state index in [1.165, 1.54) is 6.42 Å². The van der Waals surface area contributed by atoms with Gasteiger partial charge in [-0.1, -0.05) is 0 Å². The van der Waals surface area contributed by atoms with Crippen LogP contribution in [-0.4, -0.2) is 53.8 Å². The standard InChI is InChI=1S/C13H20N6O/c1-14-13-17-11-10(15-8-16-11)12(18-13)19(2)6-9-4-3-5-20-7-9/h8-9H,3-7H2,1-2H3,(H2,14,15,16,17,18). The number of hydrogen-bond donors (Lipinski definition) is 2. The molecule has 1 aliphatic heterocycles. The summed E-state index contributed by atoms with van der Waals surface area (Å²) in [6.45, 7) is 2.65. The molecule has 0 aliphatic carbocycles. The molecular weight excluding hydrogens is 256 g/mol. The molecule has 20 heavy (non-hydrogen) atoms. The average molecular weight is 276 g/mol. The van der Waals surface area contributed by atoms with Gasteiger partial charge in [-0.15, -0.1) is 0 Å².